The highest BCUT2D eigenvalue weighted by Crippen LogP contribution is 2.50. The van der Waals surface area contributed by atoms with Crippen LogP contribution in [0.2, 0.25) is 0 Å². The Balaban J connectivity index is 0.000000180. The molecule has 10 heavy (non-hydrogen) atoms. The number of hydrogen-bond acceptors (Lipinski definition) is 5. The molecule has 0 bridgehead atoms. The summed E-state index contributed by atoms with van der Waals surface area (Å²) in [5.74, 6) is 0. The predicted molar refractivity (Wildman–Crippen MR) is 45.4 cm³/mol. The first-order valence-corrected chi connectivity index (χ1v) is 5.50. The van der Waals surface area contributed by atoms with Gasteiger partial charge in [-0.3, -0.25) is 0 Å². The highest BCUT2D eigenvalue weighted by Gasteiger charge is 2.31. The average Bonchev–Trinajstić information content (AvgIpc) is 2.15. The summed E-state index contributed by atoms with van der Waals surface area (Å²) >= 11 is 1.99. The SMILES string of the molecule is C=C(C)C.O=[P+]1OSSO1. The molecule has 6 heteroatoms. The summed E-state index contributed by atoms with van der Waals surface area (Å²) in [5, 5.41) is 0. The maximum absolute atomic E-state index is 9.91. The molecule has 1 rings (SSSR count). The first-order valence-electron chi connectivity index (χ1n) is 2.40. The highest BCUT2D eigenvalue weighted by molar-refractivity contribution is 8.74. The van der Waals surface area contributed by atoms with Crippen LogP contribution in [0.4, 0.5) is 0 Å². The molecule has 0 saturated carbocycles. The summed E-state index contributed by atoms with van der Waals surface area (Å²) in [5.41, 5.74) is 1.17. The topological polar surface area (TPSA) is 35.5 Å². The molecule has 1 fully saturated rings. The van der Waals surface area contributed by atoms with Crippen LogP contribution in [0.25, 0.3) is 0 Å². The molecule has 1 aliphatic heterocycles. The maximum Gasteiger partial charge on any atom is 0.724 e. The third-order valence-corrected chi connectivity index (χ3v) is 2.99. The molecule has 0 unspecified atom stereocenters. The molecule has 0 amide bonds. The smallest absolute Gasteiger partial charge is 0.100 e. The molecule has 0 radical (unpaired) electrons. The van der Waals surface area contributed by atoms with Crippen molar-refractivity contribution in [3.8, 4) is 0 Å². The predicted octanol–water partition coefficient (Wildman–Crippen LogP) is 3.48. The lowest BCUT2D eigenvalue weighted by Gasteiger charge is -1.65. The van der Waals surface area contributed by atoms with Gasteiger partial charge in [-0.25, -0.2) is 0 Å². The monoisotopic (exact) mass is 199 g/mol. The van der Waals surface area contributed by atoms with Crippen molar-refractivity contribution < 1.29 is 12.5 Å². The van der Waals surface area contributed by atoms with Crippen molar-refractivity contribution in [1.29, 1.82) is 0 Å². The van der Waals surface area contributed by atoms with E-state index in [0.717, 1.165) is 22.1 Å². The van der Waals surface area contributed by atoms with E-state index in [9.17, 15) is 4.57 Å². The zero-order valence-electron chi connectivity index (χ0n) is 5.70. The molecule has 0 aromatic rings. The van der Waals surface area contributed by atoms with Gasteiger partial charge in [0.1, 0.15) is 0 Å². The van der Waals surface area contributed by atoms with Crippen LogP contribution in [0.1, 0.15) is 13.8 Å². The van der Waals surface area contributed by atoms with Gasteiger partial charge < -0.3 is 0 Å². The summed E-state index contributed by atoms with van der Waals surface area (Å²) in [4.78, 5) is 0. The molecule has 0 aliphatic carbocycles. The Morgan fingerprint density at radius 1 is 1.40 bits per heavy atom. The van der Waals surface area contributed by atoms with E-state index in [1.165, 1.54) is 5.57 Å². The second kappa shape index (κ2) is 6.19. The van der Waals surface area contributed by atoms with E-state index in [0.29, 0.717) is 0 Å². The van der Waals surface area contributed by atoms with Crippen LogP contribution < -0.4 is 0 Å². The van der Waals surface area contributed by atoms with Gasteiger partial charge in [-0.15, -0.1) is 6.58 Å². The standard InChI is InChI=1S/C4H8.O3PS2/c1-4(2)3;1-4-2-5-6-3-4/h1H2,2-3H3;/q;+1. The Kier molecular flexibility index (Phi) is 6.47. The summed E-state index contributed by atoms with van der Waals surface area (Å²) in [7, 11) is -1.79. The molecule has 1 aliphatic rings. The minimum Gasteiger partial charge on any atom is -0.100 e. The van der Waals surface area contributed by atoms with Crippen LogP contribution in [0, 0.1) is 0 Å². The zero-order valence-corrected chi connectivity index (χ0v) is 8.22. The fourth-order valence-electron chi connectivity index (χ4n) is 0.0870. The average molecular weight is 199 g/mol. The third kappa shape index (κ3) is 8.46. The van der Waals surface area contributed by atoms with Crippen molar-refractivity contribution in [2.75, 3.05) is 0 Å². The first-order chi connectivity index (χ1) is 4.63. The Bertz CT molecular complexity index is 126. The van der Waals surface area contributed by atoms with E-state index in [4.69, 9.17) is 0 Å². The molecule has 1 saturated heterocycles. The van der Waals surface area contributed by atoms with Crippen LogP contribution in [0.5, 0.6) is 0 Å². The summed E-state index contributed by atoms with van der Waals surface area (Å²) in [6.45, 7) is 7.50. The van der Waals surface area contributed by atoms with Crippen molar-refractivity contribution >= 4 is 30.4 Å². The molecule has 0 spiro atoms. The molecular formula is C4H8O3PS2+. The molecule has 58 valence electrons. The second-order valence-electron chi connectivity index (χ2n) is 1.72. The van der Waals surface area contributed by atoms with Crippen molar-refractivity contribution in [3.63, 3.8) is 0 Å². The Hall–Kier alpha value is 0.460. The van der Waals surface area contributed by atoms with Gasteiger partial charge in [-0.2, -0.15) is 0 Å². The van der Waals surface area contributed by atoms with E-state index < -0.39 is 8.25 Å². The Morgan fingerprint density at radius 3 is 1.80 bits per heavy atom. The number of allylic oxidation sites excluding steroid dienone is 1. The Morgan fingerprint density at radius 2 is 1.70 bits per heavy atom. The fraction of sp³-hybridized carbons (Fsp3) is 0.500. The van der Waals surface area contributed by atoms with E-state index in [2.05, 4.69) is 14.5 Å². The van der Waals surface area contributed by atoms with Gasteiger partial charge >= 0.3 is 8.25 Å². The number of rotatable bonds is 0. The molecule has 0 aromatic heterocycles. The number of hydrogen-bond donors (Lipinski definition) is 0. The summed E-state index contributed by atoms with van der Waals surface area (Å²) < 4.78 is 18.5. The lowest BCUT2D eigenvalue weighted by atomic mass is 10.4. The van der Waals surface area contributed by atoms with E-state index in [1.807, 2.05) is 13.8 Å². The third-order valence-electron chi connectivity index (χ3n) is 0.210. The van der Waals surface area contributed by atoms with Crippen molar-refractivity contribution in [3.05, 3.63) is 12.2 Å². The van der Waals surface area contributed by atoms with Gasteiger partial charge in [-0.05, 0) is 21.8 Å². The largest absolute Gasteiger partial charge is 0.724 e. The molecule has 0 aromatic carbocycles. The van der Waals surface area contributed by atoms with Gasteiger partial charge in [0.05, 0.1) is 0 Å². The van der Waals surface area contributed by atoms with Gasteiger partial charge in [0.25, 0.3) is 0 Å². The zero-order chi connectivity index (χ0) is 7.98. The van der Waals surface area contributed by atoms with Gasteiger partial charge in [0, 0.05) is 4.57 Å². The van der Waals surface area contributed by atoms with E-state index >= 15 is 0 Å². The summed E-state index contributed by atoms with van der Waals surface area (Å²) in [6.07, 6.45) is 0. The van der Waals surface area contributed by atoms with Crippen LogP contribution in [0.15, 0.2) is 12.2 Å². The second-order valence-corrected chi connectivity index (χ2v) is 4.44. The Labute approximate surface area is 69.3 Å². The molecule has 0 N–H and O–H groups in total. The van der Waals surface area contributed by atoms with Gasteiger partial charge in [-0.1, -0.05) is 5.57 Å². The van der Waals surface area contributed by atoms with Crippen LogP contribution in [0.3, 0.4) is 0 Å². The first kappa shape index (κ1) is 10.5. The van der Waals surface area contributed by atoms with Crippen LogP contribution >= 0.6 is 30.4 Å². The van der Waals surface area contributed by atoms with E-state index in [1.54, 1.807) is 0 Å². The van der Waals surface area contributed by atoms with E-state index in [-0.39, 0.29) is 0 Å². The van der Waals surface area contributed by atoms with Crippen LogP contribution in [-0.2, 0) is 12.5 Å². The normalized spacial score (nSPS) is 16.0. The molecule has 0 atom stereocenters. The van der Waals surface area contributed by atoms with Gasteiger partial charge in [0.2, 0.25) is 0 Å². The van der Waals surface area contributed by atoms with Gasteiger partial charge in [0.15, 0.2) is 22.1 Å². The quantitative estimate of drug-likeness (QED) is 0.258. The van der Waals surface area contributed by atoms with Crippen molar-refractivity contribution in [2.45, 2.75) is 13.8 Å². The minimum atomic E-state index is -1.79. The minimum absolute atomic E-state index is 0.993. The molecule has 3 nitrogen and oxygen atoms in total. The highest BCUT2D eigenvalue weighted by atomic mass is 33.1. The van der Waals surface area contributed by atoms with Crippen molar-refractivity contribution in [2.24, 2.45) is 0 Å². The van der Waals surface area contributed by atoms with Crippen LogP contribution in [-0.4, -0.2) is 0 Å². The maximum atomic E-state index is 9.91. The lowest BCUT2D eigenvalue weighted by Crippen LogP contribution is -1.43. The molecular weight excluding hydrogens is 191 g/mol. The lowest BCUT2D eigenvalue weighted by molar-refractivity contribution is 0.475. The fourth-order valence-corrected chi connectivity index (χ4v) is 2.35. The summed E-state index contributed by atoms with van der Waals surface area (Å²) in [6, 6.07) is 0. The molecule has 1 heterocycles. The van der Waals surface area contributed by atoms with Crippen molar-refractivity contribution in [1.82, 2.24) is 0 Å².